The SMILES string of the molecule is CCc1ccccc1NC(=O)CN1C(=O)N/C(=C/c2cc(C)n(-c3ccc(F)c(Cl)c3)c2C)C1=O. The Morgan fingerprint density at radius 1 is 1.14 bits per heavy atom. The van der Waals surface area contributed by atoms with Crippen molar-refractivity contribution in [3.05, 3.63) is 87.6 Å². The minimum absolute atomic E-state index is 0.00335. The van der Waals surface area contributed by atoms with Crippen molar-refractivity contribution in [3.8, 4) is 5.69 Å². The van der Waals surface area contributed by atoms with Crippen molar-refractivity contribution in [2.24, 2.45) is 0 Å². The maximum absolute atomic E-state index is 13.6. The van der Waals surface area contributed by atoms with Crippen LogP contribution in [0.3, 0.4) is 0 Å². The van der Waals surface area contributed by atoms with E-state index in [9.17, 15) is 18.8 Å². The molecule has 1 saturated heterocycles. The number of amides is 4. The van der Waals surface area contributed by atoms with E-state index in [1.807, 2.05) is 43.5 Å². The summed E-state index contributed by atoms with van der Waals surface area (Å²) in [6.45, 7) is 5.27. The number of carbonyl (C=O) groups is 3. The van der Waals surface area contributed by atoms with E-state index in [0.29, 0.717) is 16.9 Å². The van der Waals surface area contributed by atoms with Crippen LogP contribution in [0.5, 0.6) is 0 Å². The molecule has 0 bridgehead atoms. The Bertz CT molecular complexity index is 1380. The maximum Gasteiger partial charge on any atom is 0.329 e. The smallest absolute Gasteiger partial charge is 0.324 e. The Morgan fingerprint density at radius 2 is 1.89 bits per heavy atom. The number of hydrogen-bond acceptors (Lipinski definition) is 3. The predicted molar refractivity (Wildman–Crippen MR) is 133 cm³/mol. The van der Waals surface area contributed by atoms with E-state index in [4.69, 9.17) is 11.6 Å². The third-order valence-corrected chi connectivity index (χ3v) is 6.16. The van der Waals surface area contributed by atoms with Crippen LogP contribution in [0.25, 0.3) is 11.8 Å². The van der Waals surface area contributed by atoms with Crippen molar-refractivity contribution in [1.82, 2.24) is 14.8 Å². The Kier molecular flexibility index (Phi) is 6.75. The lowest BCUT2D eigenvalue weighted by Crippen LogP contribution is -2.38. The molecule has 2 heterocycles. The van der Waals surface area contributed by atoms with E-state index in [-0.39, 0.29) is 10.7 Å². The molecule has 0 saturated carbocycles. The van der Waals surface area contributed by atoms with Crippen LogP contribution >= 0.6 is 11.6 Å². The number of para-hydroxylation sites is 1. The highest BCUT2D eigenvalue weighted by atomic mass is 35.5. The van der Waals surface area contributed by atoms with Gasteiger partial charge in [-0.05, 0) is 67.8 Å². The molecule has 1 aliphatic heterocycles. The quantitative estimate of drug-likeness (QED) is 0.374. The lowest BCUT2D eigenvalue weighted by molar-refractivity contribution is -0.127. The first-order valence-electron chi connectivity index (χ1n) is 11.1. The second-order valence-corrected chi connectivity index (χ2v) is 8.61. The fourth-order valence-corrected chi connectivity index (χ4v) is 4.28. The number of rotatable bonds is 6. The van der Waals surface area contributed by atoms with Crippen LogP contribution in [-0.4, -0.2) is 33.9 Å². The van der Waals surface area contributed by atoms with Gasteiger partial charge in [-0.3, -0.25) is 9.59 Å². The Morgan fingerprint density at radius 3 is 2.60 bits per heavy atom. The fourth-order valence-electron chi connectivity index (χ4n) is 4.11. The number of aryl methyl sites for hydroxylation is 2. The van der Waals surface area contributed by atoms with Gasteiger partial charge in [0.05, 0.1) is 5.02 Å². The Labute approximate surface area is 207 Å². The Hall–Kier alpha value is -3.91. The van der Waals surface area contributed by atoms with Gasteiger partial charge in [0.15, 0.2) is 0 Å². The number of nitrogens with zero attached hydrogens (tertiary/aromatic N) is 2. The van der Waals surface area contributed by atoms with Crippen molar-refractivity contribution >= 4 is 41.2 Å². The number of anilines is 1. The summed E-state index contributed by atoms with van der Waals surface area (Å²) < 4.78 is 15.5. The van der Waals surface area contributed by atoms with Crippen molar-refractivity contribution in [3.63, 3.8) is 0 Å². The minimum Gasteiger partial charge on any atom is -0.324 e. The Balaban J connectivity index is 1.54. The van der Waals surface area contributed by atoms with Gasteiger partial charge in [0, 0.05) is 22.8 Å². The molecule has 35 heavy (non-hydrogen) atoms. The molecule has 2 aromatic carbocycles. The highest BCUT2D eigenvalue weighted by molar-refractivity contribution is 6.30. The van der Waals surface area contributed by atoms with Crippen molar-refractivity contribution in [2.45, 2.75) is 27.2 Å². The summed E-state index contributed by atoms with van der Waals surface area (Å²) in [6.07, 6.45) is 2.30. The number of benzene rings is 2. The normalized spacial score (nSPS) is 14.5. The first-order chi connectivity index (χ1) is 16.7. The summed E-state index contributed by atoms with van der Waals surface area (Å²) >= 11 is 5.94. The van der Waals surface area contributed by atoms with Crippen LogP contribution in [0, 0.1) is 19.7 Å². The first-order valence-corrected chi connectivity index (χ1v) is 11.4. The summed E-state index contributed by atoms with van der Waals surface area (Å²) in [6, 6.07) is 13.0. The van der Waals surface area contributed by atoms with Crippen LogP contribution in [0.15, 0.2) is 54.2 Å². The number of nitrogens with one attached hydrogen (secondary N) is 2. The zero-order valence-electron chi connectivity index (χ0n) is 19.5. The molecule has 4 amide bonds. The van der Waals surface area contributed by atoms with Gasteiger partial charge in [-0.1, -0.05) is 36.7 Å². The number of carbonyl (C=O) groups excluding carboxylic acids is 3. The van der Waals surface area contributed by atoms with Crippen LogP contribution < -0.4 is 10.6 Å². The van der Waals surface area contributed by atoms with Gasteiger partial charge in [-0.25, -0.2) is 14.1 Å². The van der Waals surface area contributed by atoms with Gasteiger partial charge >= 0.3 is 6.03 Å². The van der Waals surface area contributed by atoms with Crippen molar-refractivity contribution < 1.29 is 18.8 Å². The monoisotopic (exact) mass is 494 g/mol. The standard InChI is InChI=1S/C26H24ClFN4O3/c1-4-17-7-5-6-8-22(17)29-24(33)14-31-25(34)23(30-26(31)35)12-18-11-15(2)32(16(18)3)19-9-10-21(28)20(27)13-19/h5-13H,4,14H2,1-3H3,(H,29,33)(H,30,35)/b23-12+. The molecule has 3 aromatic rings. The number of urea groups is 1. The van der Waals surface area contributed by atoms with Crippen LogP contribution in [0.1, 0.15) is 29.4 Å². The molecule has 1 aromatic heterocycles. The van der Waals surface area contributed by atoms with Crippen LogP contribution in [0.4, 0.5) is 14.9 Å². The summed E-state index contributed by atoms with van der Waals surface area (Å²) in [5, 5.41) is 5.32. The fraction of sp³-hybridized carbons (Fsp3) is 0.192. The zero-order chi connectivity index (χ0) is 25.3. The molecule has 7 nitrogen and oxygen atoms in total. The molecule has 9 heteroatoms. The van der Waals surface area contributed by atoms with E-state index in [1.54, 1.807) is 24.3 Å². The van der Waals surface area contributed by atoms with Crippen LogP contribution in [-0.2, 0) is 16.0 Å². The van der Waals surface area contributed by atoms with Crippen LogP contribution in [0.2, 0.25) is 5.02 Å². The summed E-state index contributed by atoms with van der Waals surface area (Å²) in [7, 11) is 0. The van der Waals surface area contributed by atoms with Gasteiger partial charge in [-0.2, -0.15) is 0 Å². The number of aromatic nitrogens is 1. The second-order valence-electron chi connectivity index (χ2n) is 8.20. The summed E-state index contributed by atoms with van der Waals surface area (Å²) in [5.41, 5.74) is 4.63. The molecule has 1 fully saturated rings. The molecular formula is C26H24ClFN4O3. The zero-order valence-corrected chi connectivity index (χ0v) is 20.2. The molecule has 0 atom stereocenters. The third kappa shape index (κ3) is 4.83. The first kappa shape index (κ1) is 24.2. The summed E-state index contributed by atoms with van der Waals surface area (Å²) in [4.78, 5) is 38.8. The minimum atomic E-state index is -0.667. The lowest BCUT2D eigenvalue weighted by atomic mass is 10.1. The molecule has 180 valence electrons. The average molecular weight is 495 g/mol. The van der Waals surface area contributed by atoms with E-state index < -0.39 is 30.2 Å². The topological polar surface area (TPSA) is 83.4 Å². The van der Waals surface area contributed by atoms with E-state index in [2.05, 4.69) is 10.6 Å². The maximum atomic E-state index is 13.6. The lowest BCUT2D eigenvalue weighted by Gasteiger charge is -2.13. The van der Waals surface area contributed by atoms with Gasteiger partial charge in [-0.15, -0.1) is 0 Å². The molecule has 1 aliphatic rings. The molecule has 0 spiro atoms. The largest absolute Gasteiger partial charge is 0.329 e. The molecule has 4 rings (SSSR count). The molecule has 0 radical (unpaired) electrons. The van der Waals surface area contributed by atoms with E-state index >= 15 is 0 Å². The molecule has 0 aliphatic carbocycles. The van der Waals surface area contributed by atoms with Gasteiger partial charge < -0.3 is 15.2 Å². The number of hydrogen-bond donors (Lipinski definition) is 2. The van der Waals surface area contributed by atoms with Crippen molar-refractivity contribution in [1.29, 1.82) is 0 Å². The second kappa shape index (κ2) is 9.76. The number of halogens is 2. The highest BCUT2D eigenvalue weighted by Gasteiger charge is 2.35. The average Bonchev–Trinajstić information content (AvgIpc) is 3.25. The third-order valence-electron chi connectivity index (χ3n) is 5.87. The van der Waals surface area contributed by atoms with E-state index in [0.717, 1.165) is 28.3 Å². The predicted octanol–water partition coefficient (Wildman–Crippen LogP) is 4.98. The molecule has 2 N–H and O–H groups in total. The van der Waals surface area contributed by atoms with Gasteiger partial charge in [0.25, 0.3) is 5.91 Å². The summed E-state index contributed by atoms with van der Waals surface area (Å²) in [5.74, 6) is -1.58. The highest BCUT2D eigenvalue weighted by Crippen LogP contribution is 2.26. The van der Waals surface area contributed by atoms with E-state index in [1.165, 1.54) is 12.1 Å². The van der Waals surface area contributed by atoms with Gasteiger partial charge in [0.2, 0.25) is 5.91 Å². The molecular weight excluding hydrogens is 471 g/mol. The van der Waals surface area contributed by atoms with Crippen molar-refractivity contribution in [2.75, 3.05) is 11.9 Å². The van der Waals surface area contributed by atoms with Gasteiger partial charge in [0.1, 0.15) is 18.1 Å². The number of imide groups is 1. The molecule has 0 unspecified atom stereocenters.